The summed E-state index contributed by atoms with van der Waals surface area (Å²) in [6, 6.07) is 10.3. The van der Waals surface area contributed by atoms with Crippen LogP contribution in [0.5, 0.6) is 0 Å². The molecule has 0 nitrogen and oxygen atoms in total. The third-order valence-corrected chi connectivity index (χ3v) is 2.66. The molecule has 0 N–H and O–H groups in total. The number of allylic oxidation sites excluding steroid dienone is 3. The van der Waals surface area contributed by atoms with E-state index in [-0.39, 0.29) is 0 Å². The maximum atomic E-state index is 3.75. The van der Waals surface area contributed by atoms with Crippen LogP contribution in [0, 0.1) is 0 Å². The topological polar surface area (TPSA) is 0 Å². The molecule has 0 amide bonds. The van der Waals surface area contributed by atoms with Gasteiger partial charge in [0.2, 0.25) is 0 Å². The summed E-state index contributed by atoms with van der Waals surface area (Å²) in [5.41, 5.74) is 0. The Bertz CT molecular complexity index is 309. The Balaban J connectivity index is 0.000000921. The highest BCUT2D eigenvalue weighted by atomic mass is 32.2. The van der Waals surface area contributed by atoms with Crippen molar-refractivity contribution in [1.29, 1.82) is 0 Å². The summed E-state index contributed by atoms with van der Waals surface area (Å²) in [5.74, 6) is 0. The Kier molecular flexibility index (Phi) is 8.59. The van der Waals surface area contributed by atoms with Crippen LogP contribution in [0.15, 0.2) is 71.5 Å². The van der Waals surface area contributed by atoms with E-state index in [0.717, 1.165) is 0 Å². The van der Waals surface area contributed by atoms with E-state index in [2.05, 4.69) is 25.3 Å². The normalized spacial score (nSPS) is 9.87. The van der Waals surface area contributed by atoms with Crippen LogP contribution in [0.25, 0.3) is 0 Å². The lowest BCUT2D eigenvalue weighted by atomic mass is 10.4. The van der Waals surface area contributed by atoms with E-state index in [1.165, 1.54) is 21.6 Å². The van der Waals surface area contributed by atoms with Crippen molar-refractivity contribution in [3.8, 4) is 0 Å². The van der Waals surface area contributed by atoms with Crippen molar-refractivity contribution in [3.05, 3.63) is 66.6 Å². The van der Waals surface area contributed by atoms with Crippen LogP contribution >= 0.6 is 0 Å². The predicted octanol–water partition coefficient (Wildman–Crippen LogP) is 4.14. The van der Waals surface area contributed by atoms with Gasteiger partial charge in [0.05, 0.1) is 0 Å². The molecule has 0 aliphatic carbocycles. The number of hydrogen-bond acceptors (Lipinski definition) is 0. The van der Waals surface area contributed by atoms with E-state index < -0.39 is 0 Å². The highest BCUT2D eigenvalue weighted by molar-refractivity contribution is 7.83. The Morgan fingerprint density at radius 1 is 1.13 bits per heavy atom. The molecule has 1 aromatic rings. The fraction of sp³-hybridized carbons (Fsp3) is 0.143. The summed E-state index contributed by atoms with van der Waals surface area (Å²) < 4.78 is 0. The van der Waals surface area contributed by atoms with Gasteiger partial charge in [-0.2, -0.15) is 0 Å². The van der Waals surface area contributed by atoms with Crippen molar-refractivity contribution in [2.75, 3.05) is 0 Å². The minimum absolute atomic E-state index is 1.17. The molecule has 1 aromatic carbocycles. The van der Waals surface area contributed by atoms with Crippen molar-refractivity contribution >= 4 is 11.8 Å². The van der Waals surface area contributed by atoms with Crippen molar-refractivity contribution in [2.45, 2.75) is 18.7 Å². The van der Waals surface area contributed by atoms with E-state index in [1.807, 2.05) is 44.2 Å². The van der Waals surface area contributed by atoms with Crippen LogP contribution < -0.4 is 0 Å². The second-order valence-electron chi connectivity index (χ2n) is 2.48. The van der Waals surface area contributed by atoms with Gasteiger partial charge < -0.3 is 0 Å². The lowest BCUT2D eigenvalue weighted by Crippen LogP contribution is -1.83. The molecule has 0 radical (unpaired) electrons. The van der Waals surface area contributed by atoms with Gasteiger partial charge in [-0.3, -0.25) is 0 Å². The predicted molar refractivity (Wildman–Crippen MR) is 73.3 cm³/mol. The van der Waals surface area contributed by atoms with Crippen LogP contribution in [0.3, 0.4) is 0 Å². The molecule has 0 spiro atoms. The SMILES string of the molecule is C=C/C=C(\C=C)[SH+]c1ccccc1.CC. The third-order valence-electron chi connectivity index (χ3n) is 1.51. The van der Waals surface area contributed by atoms with Gasteiger partial charge in [-0.15, -0.1) is 0 Å². The van der Waals surface area contributed by atoms with E-state index in [1.54, 1.807) is 6.08 Å². The zero-order chi connectivity index (χ0) is 11.5. The second-order valence-corrected chi connectivity index (χ2v) is 3.74. The lowest BCUT2D eigenvalue weighted by molar-refractivity contribution is 1.47. The molecular formula is C14H19S+. The van der Waals surface area contributed by atoms with E-state index in [4.69, 9.17) is 0 Å². The van der Waals surface area contributed by atoms with E-state index in [0.29, 0.717) is 0 Å². The first-order chi connectivity index (χ1) is 7.36. The molecule has 0 aliphatic heterocycles. The van der Waals surface area contributed by atoms with E-state index >= 15 is 0 Å². The van der Waals surface area contributed by atoms with Crippen molar-refractivity contribution in [3.63, 3.8) is 0 Å². The molecule has 0 unspecified atom stereocenters. The summed E-state index contributed by atoms with van der Waals surface area (Å²) in [6.07, 6.45) is 5.62. The van der Waals surface area contributed by atoms with Crippen LogP contribution in [-0.4, -0.2) is 0 Å². The van der Waals surface area contributed by atoms with Gasteiger partial charge in [-0.1, -0.05) is 51.3 Å². The summed E-state index contributed by atoms with van der Waals surface area (Å²) in [5, 5.41) is 0. The Hall–Kier alpha value is -1.21. The molecule has 1 rings (SSSR count). The highest BCUT2D eigenvalue weighted by Gasteiger charge is 2.04. The van der Waals surface area contributed by atoms with Crippen LogP contribution in [-0.2, 0) is 11.8 Å². The van der Waals surface area contributed by atoms with Crippen LogP contribution in [0.2, 0.25) is 0 Å². The molecular weight excluding hydrogens is 200 g/mol. The summed E-state index contributed by atoms with van der Waals surface area (Å²) in [4.78, 5) is 2.44. The first kappa shape index (κ1) is 13.8. The number of hydrogen-bond donors (Lipinski definition) is 0. The smallest absolute Gasteiger partial charge is 0.0989 e. The fourth-order valence-electron chi connectivity index (χ4n) is 0.923. The number of thiol groups is 1. The highest BCUT2D eigenvalue weighted by Crippen LogP contribution is 2.10. The molecule has 1 heteroatoms. The number of rotatable bonds is 4. The Morgan fingerprint density at radius 3 is 2.20 bits per heavy atom. The Morgan fingerprint density at radius 2 is 1.73 bits per heavy atom. The average Bonchev–Trinajstić information content (AvgIpc) is 2.32. The average molecular weight is 219 g/mol. The molecule has 0 atom stereocenters. The first-order valence-electron chi connectivity index (χ1n) is 5.09. The quantitative estimate of drug-likeness (QED) is 0.405. The molecule has 0 aromatic heterocycles. The lowest BCUT2D eigenvalue weighted by Gasteiger charge is -1.90. The van der Waals surface area contributed by atoms with Gasteiger partial charge in [0.1, 0.15) is 0 Å². The zero-order valence-corrected chi connectivity index (χ0v) is 10.4. The maximum absolute atomic E-state index is 3.75. The van der Waals surface area contributed by atoms with Crippen molar-refractivity contribution < 1.29 is 0 Å². The number of benzene rings is 1. The largest absolute Gasteiger partial charge is 0.158 e. The van der Waals surface area contributed by atoms with Gasteiger partial charge in [0, 0.05) is 11.8 Å². The molecule has 0 fully saturated rings. The van der Waals surface area contributed by atoms with Crippen molar-refractivity contribution in [2.24, 2.45) is 0 Å². The summed E-state index contributed by atoms with van der Waals surface area (Å²) in [6.45, 7) is 11.4. The molecule has 80 valence electrons. The van der Waals surface area contributed by atoms with Gasteiger partial charge >= 0.3 is 0 Å². The second kappa shape index (κ2) is 9.35. The maximum Gasteiger partial charge on any atom is 0.158 e. The first-order valence-corrected chi connectivity index (χ1v) is 5.98. The van der Waals surface area contributed by atoms with Crippen LogP contribution in [0.4, 0.5) is 0 Å². The van der Waals surface area contributed by atoms with Crippen molar-refractivity contribution in [1.82, 2.24) is 0 Å². The zero-order valence-electron chi connectivity index (χ0n) is 9.48. The van der Waals surface area contributed by atoms with Crippen LogP contribution in [0.1, 0.15) is 13.8 Å². The molecule has 0 saturated carbocycles. The Labute approximate surface area is 97.4 Å². The third kappa shape index (κ3) is 5.97. The monoisotopic (exact) mass is 219 g/mol. The fourth-order valence-corrected chi connectivity index (χ4v) is 1.81. The minimum Gasteiger partial charge on any atom is -0.0989 e. The van der Waals surface area contributed by atoms with Gasteiger partial charge in [-0.05, 0) is 24.3 Å². The molecule has 0 heterocycles. The van der Waals surface area contributed by atoms with E-state index in [9.17, 15) is 0 Å². The molecule has 0 saturated heterocycles. The molecule has 15 heavy (non-hydrogen) atoms. The standard InChI is InChI=1S/C12H12S.C2H6/c1-3-8-11(4-2)13-12-9-6-5-7-10-12;1-2/h3-10H,1-2H2;1-2H3/p+1/b11-8+;. The van der Waals surface area contributed by atoms with Gasteiger partial charge in [0.15, 0.2) is 9.80 Å². The van der Waals surface area contributed by atoms with Gasteiger partial charge in [-0.25, -0.2) is 0 Å². The molecule has 0 aliphatic rings. The summed E-state index contributed by atoms with van der Waals surface area (Å²) >= 11 is 1.18. The summed E-state index contributed by atoms with van der Waals surface area (Å²) in [7, 11) is 0. The minimum atomic E-state index is 1.17. The molecule has 0 bridgehead atoms. The van der Waals surface area contributed by atoms with Gasteiger partial charge in [0.25, 0.3) is 0 Å².